The van der Waals surface area contributed by atoms with Crippen molar-refractivity contribution in [2.45, 2.75) is 90.1 Å². The van der Waals surface area contributed by atoms with Crippen LogP contribution in [0.2, 0.25) is 5.02 Å². The largest absolute Gasteiger partial charge is 0.573 e. The van der Waals surface area contributed by atoms with Crippen molar-refractivity contribution in [2.75, 3.05) is 19.6 Å². The van der Waals surface area contributed by atoms with Gasteiger partial charge in [0, 0.05) is 23.7 Å². The van der Waals surface area contributed by atoms with Crippen LogP contribution in [0.15, 0.2) is 48.5 Å². The number of carbonyl (C=O) groups excluding carboxylic acids is 1. The number of likely N-dealkylation sites (tertiary alicyclic amines) is 1. The van der Waals surface area contributed by atoms with Crippen LogP contribution >= 0.6 is 11.6 Å². The third kappa shape index (κ3) is 10.2. The van der Waals surface area contributed by atoms with Gasteiger partial charge in [0.05, 0.1) is 0 Å². The number of nitrogens with one attached hydrogen (secondary N) is 1. The van der Waals surface area contributed by atoms with Crippen molar-refractivity contribution in [1.82, 2.24) is 10.2 Å². The molecule has 2 aromatic carbocycles. The minimum atomic E-state index is -4.72. The van der Waals surface area contributed by atoms with E-state index in [2.05, 4.69) is 23.9 Å². The van der Waals surface area contributed by atoms with Crippen LogP contribution in [-0.2, 0) is 11.2 Å². The molecular weight excluding hydrogens is 541 g/mol. The molecule has 5 nitrogen and oxygen atoms in total. The quantitative estimate of drug-likeness (QED) is 0.306. The zero-order valence-electron chi connectivity index (χ0n) is 24.1. The second-order valence-corrected chi connectivity index (χ2v) is 12.4. The normalized spacial score (nSPS) is 17.3. The molecule has 0 aromatic heterocycles. The summed E-state index contributed by atoms with van der Waals surface area (Å²) >= 11 is 6.25. The molecule has 1 N–H and O–H groups in total. The molecule has 0 saturated carbocycles. The van der Waals surface area contributed by atoms with Gasteiger partial charge < -0.3 is 19.7 Å². The minimum Gasteiger partial charge on any atom is -0.444 e. The Labute approximate surface area is 241 Å². The van der Waals surface area contributed by atoms with Crippen molar-refractivity contribution in [1.29, 1.82) is 0 Å². The molecule has 0 radical (unpaired) electrons. The standard InChI is InChI=1S/C31H42ClF3N2O3/c1-6-23(14-17-36-30(5)15-18-37(19-16-30)28(38)40-29(2,3)4)27(21-22-8-7-9-25(32)20-22)24-10-12-26(13-11-24)39-31(33,34)35/h7-13,20,23,27,36H,6,14-19,21H2,1-5H3. The number of amides is 1. The summed E-state index contributed by atoms with van der Waals surface area (Å²) in [5.41, 5.74) is 1.45. The second kappa shape index (κ2) is 13.5. The van der Waals surface area contributed by atoms with Gasteiger partial charge in [0.25, 0.3) is 0 Å². The van der Waals surface area contributed by atoms with Crippen LogP contribution in [0.25, 0.3) is 0 Å². The highest BCUT2D eigenvalue weighted by Crippen LogP contribution is 2.35. The summed E-state index contributed by atoms with van der Waals surface area (Å²) in [4.78, 5) is 14.2. The summed E-state index contributed by atoms with van der Waals surface area (Å²) in [6, 6.07) is 14.0. The van der Waals surface area contributed by atoms with Gasteiger partial charge in [-0.25, -0.2) is 4.79 Å². The Balaban J connectivity index is 1.66. The second-order valence-electron chi connectivity index (χ2n) is 12.0. The number of benzene rings is 2. The number of piperidine rings is 1. The first-order valence-electron chi connectivity index (χ1n) is 14.0. The zero-order chi connectivity index (χ0) is 29.6. The fourth-order valence-electron chi connectivity index (χ4n) is 5.33. The van der Waals surface area contributed by atoms with Crippen molar-refractivity contribution in [3.63, 3.8) is 0 Å². The summed E-state index contributed by atoms with van der Waals surface area (Å²) in [5.74, 6) is 0.150. The van der Waals surface area contributed by atoms with E-state index < -0.39 is 12.0 Å². The molecule has 1 fully saturated rings. The molecule has 2 aromatic rings. The molecule has 3 rings (SSSR count). The zero-order valence-corrected chi connectivity index (χ0v) is 24.9. The molecule has 1 aliphatic heterocycles. The van der Waals surface area contributed by atoms with Gasteiger partial charge in [-0.05, 0) is 107 Å². The Morgan fingerprint density at radius 2 is 1.75 bits per heavy atom. The average molecular weight is 583 g/mol. The number of halogens is 4. The third-order valence-corrected chi connectivity index (χ3v) is 7.80. The lowest BCUT2D eigenvalue weighted by Gasteiger charge is -2.41. The van der Waals surface area contributed by atoms with E-state index in [4.69, 9.17) is 16.3 Å². The molecule has 0 bridgehead atoms. The van der Waals surface area contributed by atoms with E-state index in [1.54, 1.807) is 17.0 Å². The maximum atomic E-state index is 12.7. The third-order valence-electron chi connectivity index (χ3n) is 7.57. The smallest absolute Gasteiger partial charge is 0.444 e. The Morgan fingerprint density at radius 1 is 1.10 bits per heavy atom. The number of ether oxygens (including phenoxy) is 2. The topological polar surface area (TPSA) is 50.8 Å². The highest BCUT2D eigenvalue weighted by atomic mass is 35.5. The monoisotopic (exact) mass is 582 g/mol. The Kier molecular flexibility index (Phi) is 10.8. The fourth-order valence-corrected chi connectivity index (χ4v) is 5.54. The summed E-state index contributed by atoms with van der Waals surface area (Å²) in [5, 5.41) is 4.40. The summed E-state index contributed by atoms with van der Waals surface area (Å²) in [6.07, 6.45) is -0.800. The molecule has 9 heteroatoms. The first-order chi connectivity index (χ1) is 18.7. The number of alkyl halides is 3. The molecule has 1 aliphatic rings. The van der Waals surface area contributed by atoms with Crippen LogP contribution in [0.5, 0.6) is 5.75 Å². The lowest BCUT2D eigenvalue weighted by atomic mass is 9.78. The Bertz CT molecular complexity index is 1090. The fraction of sp³-hybridized carbons (Fsp3) is 0.581. The molecule has 1 amide bonds. The van der Waals surface area contributed by atoms with Crippen LogP contribution in [0.3, 0.4) is 0 Å². The molecule has 1 saturated heterocycles. The van der Waals surface area contributed by atoms with Crippen molar-refractivity contribution in [3.8, 4) is 5.75 Å². The van der Waals surface area contributed by atoms with Gasteiger partial charge in [0.15, 0.2) is 0 Å². The number of hydrogen-bond donors (Lipinski definition) is 1. The van der Waals surface area contributed by atoms with E-state index in [9.17, 15) is 18.0 Å². The van der Waals surface area contributed by atoms with Gasteiger partial charge in [0.2, 0.25) is 0 Å². The van der Waals surface area contributed by atoms with Gasteiger partial charge in [-0.2, -0.15) is 0 Å². The number of carbonyl (C=O) groups is 1. The molecule has 222 valence electrons. The maximum Gasteiger partial charge on any atom is 0.573 e. The maximum absolute atomic E-state index is 12.7. The summed E-state index contributed by atoms with van der Waals surface area (Å²) in [6.45, 7) is 12.0. The Hall–Kier alpha value is -2.45. The van der Waals surface area contributed by atoms with Gasteiger partial charge >= 0.3 is 12.5 Å². The van der Waals surface area contributed by atoms with Gasteiger partial charge in [-0.3, -0.25) is 0 Å². The van der Waals surface area contributed by atoms with Crippen LogP contribution in [0, 0.1) is 5.92 Å². The molecule has 2 unspecified atom stereocenters. The predicted octanol–water partition coefficient (Wildman–Crippen LogP) is 8.36. The van der Waals surface area contributed by atoms with E-state index in [1.165, 1.54) is 12.1 Å². The van der Waals surface area contributed by atoms with Crippen molar-refractivity contribution < 1.29 is 27.4 Å². The number of rotatable bonds is 10. The number of hydrogen-bond acceptors (Lipinski definition) is 4. The average Bonchev–Trinajstić information content (AvgIpc) is 2.84. The summed E-state index contributed by atoms with van der Waals surface area (Å²) in [7, 11) is 0. The van der Waals surface area contributed by atoms with Crippen LogP contribution in [0.4, 0.5) is 18.0 Å². The van der Waals surface area contributed by atoms with E-state index in [-0.39, 0.29) is 29.2 Å². The van der Waals surface area contributed by atoms with Gasteiger partial charge in [-0.1, -0.05) is 49.2 Å². The van der Waals surface area contributed by atoms with Gasteiger partial charge in [-0.15, -0.1) is 13.2 Å². The van der Waals surface area contributed by atoms with Crippen molar-refractivity contribution in [3.05, 3.63) is 64.7 Å². The number of nitrogens with zero attached hydrogens (tertiary/aromatic N) is 1. The molecule has 1 heterocycles. The van der Waals surface area contributed by atoms with Crippen molar-refractivity contribution in [2.24, 2.45) is 5.92 Å². The lowest BCUT2D eigenvalue weighted by molar-refractivity contribution is -0.274. The predicted molar refractivity (Wildman–Crippen MR) is 153 cm³/mol. The summed E-state index contributed by atoms with van der Waals surface area (Å²) < 4.78 is 47.7. The highest BCUT2D eigenvalue weighted by Gasteiger charge is 2.34. The van der Waals surface area contributed by atoms with E-state index in [1.807, 2.05) is 45.0 Å². The molecule has 40 heavy (non-hydrogen) atoms. The highest BCUT2D eigenvalue weighted by molar-refractivity contribution is 6.30. The van der Waals surface area contributed by atoms with E-state index >= 15 is 0 Å². The molecular formula is C31H42ClF3N2O3. The van der Waals surface area contributed by atoms with Crippen LogP contribution in [0.1, 0.15) is 77.3 Å². The van der Waals surface area contributed by atoms with Gasteiger partial charge in [0.1, 0.15) is 11.4 Å². The molecule has 0 aliphatic carbocycles. The Morgan fingerprint density at radius 3 is 2.30 bits per heavy atom. The van der Waals surface area contributed by atoms with E-state index in [0.29, 0.717) is 18.1 Å². The van der Waals surface area contributed by atoms with E-state index in [0.717, 1.165) is 49.8 Å². The first-order valence-corrected chi connectivity index (χ1v) is 14.4. The first kappa shape index (κ1) is 32.1. The van der Waals surface area contributed by atoms with Crippen LogP contribution in [-0.4, -0.2) is 48.1 Å². The SMILES string of the molecule is CCC(CCNC1(C)CCN(C(=O)OC(C)(C)C)CC1)C(Cc1cccc(Cl)c1)c1ccc(OC(F)(F)F)cc1. The minimum absolute atomic E-state index is 0.0875. The van der Waals surface area contributed by atoms with Crippen molar-refractivity contribution >= 4 is 17.7 Å². The molecule has 0 spiro atoms. The molecule has 2 atom stereocenters. The lowest BCUT2D eigenvalue weighted by Crippen LogP contribution is -2.53. The van der Waals surface area contributed by atoms with Crippen LogP contribution < -0.4 is 10.1 Å².